The molecule has 1 aliphatic rings. The predicted molar refractivity (Wildman–Crippen MR) is 97.2 cm³/mol. The smallest absolute Gasteiger partial charge is 0.263 e. The van der Waals surface area contributed by atoms with Gasteiger partial charge in [-0.15, -0.1) is 0 Å². The van der Waals surface area contributed by atoms with E-state index >= 15 is 0 Å². The van der Waals surface area contributed by atoms with Gasteiger partial charge in [-0.1, -0.05) is 72.5 Å². The molecule has 3 nitrogen and oxygen atoms in total. The first kappa shape index (κ1) is 15.6. The highest BCUT2D eigenvalue weighted by Crippen LogP contribution is 2.32. The second-order valence-corrected chi connectivity index (χ2v) is 6.76. The van der Waals surface area contributed by atoms with E-state index in [0.29, 0.717) is 20.4 Å². The maximum Gasteiger partial charge on any atom is 0.263 e. The number of thiocarbonyl (C=S) groups is 1. The first-order valence-corrected chi connectivity index (χ1v) is 8.23. The number of hydrogen-bond donors (Lipinski definition) is 1. The van der Waals surface area contributed by atoms with Crippen molar-refractivity contribution in [2.75, 3.05) is 0 Å². The van der Waals surface area contributed by atoms with Crippen molar-refractivity contribution in [2.45, 2.75) is 6.92 Å². The lowest BCUT2D eigenvalue weighted by molar-refractivity contribution is -0.115. The molecular weight excluding hydrogens is 326 g/mol. The van der Waals surface area contributed by atoms with E-state index in [1.54, 1.807) is 18.2 Å². The summed E-state index contributed by atoms with van der Waals surface area (Å²) in [5, 5.41) is 2.61. The Morgan fingerprint density at radius 2 is 1.65 bits per heavy atom. The van der Waals surface area contributed by atoms with E-state index in [1.165, 1.54) is 11.8 Å². The topological polar surface area (TPSA) is 46.2 Å². The van der Waals surface area contributed by atoms with Crippen LogP contribution in [-0.4, -0.2) is 16.0 Å². The Morgan fingerprint density at radius 3 is 2.30 bits per heavy atom. The Kier molecular flexibility index (Phi) is 4.41. The van der Waals surface area contributed by atoms with E-state index in [9.17, 15) is 9.59 Å². The molecule has 0 unspecified atom stereocenters. The third-order valence-electron chi connectivity index (χ3n) is 3.55. The fourth-order valence-electron chi connectivity index (χ4n) is 2.34. The molecule has 114 valence electrons. The molecule has 0 atom stereocenters. The average Bonchev–Trinajstić information content (AvgIpc) is 2.93. The van der Waals surface area contributed by atoms with Crippen molar-refractivity contribution < 1.29 is 9.59 Å². The molecule has 23 heavy (non-hydrogen) atoms. The molecule has 0 bridgehead atoms. The number of carbonyl (C=O) groups excluding carboxylic acids is 2. The van der Waals surface area contributed by atoms with Crippen molar-refractivity contribution in [3.63, 3.8) is 0 Å². The van der Waals surface area contributed by atoms with Crippen LogP contribution in [0.15, 0.2) is 59.5 Å². The first-order chi connectivity index (χ1) is 11.1. The van der Waals surface area contributed by atoms with Gasteiger partial charge in [0.1, 0.15) is 4.32 Å². The molecule has 1 saturated heterocycles. The van der Waals surface area contributed by atoms with Crippen LogP contribution >= 0.6 is 24.0 Å². The second-order valence-electron chi connectivity index (χ2n) is 5.07. The van der Waals surface area contributed by atoms with Crippen LogP contribution in [0.1, 0.15) is 28.4 Å². The number of thioether (sulfide) groups is 1. The molecule has 0 aromatic heterocycles. The van der Waals surface area contributed by atoms with Gasteiger partial charge in [0.2, 0.25) is 0 Å². The summed E-state index contributed by atoms with van der Waals surface area (Å²) in [5.74, 6) is -0.221. The third-order valence-corrected chi connectivity index (χ3v) is 4.89. The lowest BCUT2D eigenvalue weighted by atomic mass is 9.98. The van der Waals surface area contributed by atoms with Gasteiger partial charge in [-0.2, -0.15) is 0 Å². The SMILES string of the molecule is C/C(=C1\SC(=S)NC1=O)c1cccc(C(=O)c2ccccc2)c1. The van der Waals surface area contributed by atoms with E-state index in [0.717, 1.165) is 11.1 Å². The molecular formula is C18H13NO2S2. The van der Waals surface area contributed by atoms with Crippen LogP contribution in [0.25, 0.3) is 5.57 Å². The van der Waals surface area contributed by atoms with Gasteiger partial charge in [-0.3, -0.25) is 9.59 Å². The number of rotatable bonds is 3. The number of hydrogen-bond acceptors (Lipinski definition) is 4. The van der Waals surface area contributed by atoms with Gasteiger partial charge in [-0.25, -0.2) is 0 Å². The molecule has 0 saturated carbocycles. The zero-order chi connectivity index (χ0) is 16.4. The van der Waals surface area contributed by atoms with Crippen molar-refractivity contribution in [3.05, 3.63) is 76.2 Å². The van der Waals surface area contributed by atoms with Crippen LogP contribution in [-0.2, 0) is 4.79 Å². The molecule has 2 aromatic carbocycles. The van der Waals surface area contributed by atoms with Crippen LogP contribution in [0, 0.1) is 0 Å². The number of amides is 1. The number of ketones is 1. The fraction of sp³-hybridized carbons (Fsp3) is 0.0556. The van der Waals surface area contributed by atoms with Gasteiger partial charge in [-0.05, 0) is 24.1 Å². The molecule has 1 N–H and O–H groups in total. The minimum absolute atomic E-state index is 0.0377. The van der Waals surface area contributed by atoms with Gasteiger partial charge < -0.3 is 5.32 Å². The fourth-order valence-corrected chi connectivity index (χ4v) is 3.43. The molecule has 0 radical (unpaired) electrons. The van der Waals surface area contributed by atoms with Gasteiger partial charge in [0, 0.05) is 11.1 Å². The summed E-state index contributed by atoms with van der Waals surface area (Å²) in [6.45, 7) is 1.86. The summed E-state index contributed by atoms with van der Waals surface area (Å²) in [7, 11) is 0. The average molecular weight is 339 g/mol. The molecule has 2 aromatic rings. The molecule has 5 heteroatoms. The Balaban J connectivity index is 1.98. The van der Waals surface area contributed by atoms with Crippen LogP contribution in [0.5, 0.6) is 0 Å². The summed E-state index contributed by atoms with van der Waals surface area (Å²) >= 11 is 6.27. The zero-order valence-corrected chi connectivity index (χ0v) is 14.0. The standard InChI is InChI=1S/C18H13NO2S2/c1-11(16-17(21)19-18(22)23-16)13-8-5-9-14(10-13)15(20)12-6-3-2-4-7-12/h2-10H,1H3,(H,19,21,22)/b16-11+. The number of allylic oxidation sites excluding steroid dienone is 1. The highest BCUT2D eigenvalue weighted by molar-refractivity contribution is 8.26. The molecule has 1 fully saturated rings. The molecule has 1 amide bonds. The highest BCUT2D eigenvalue weighted by atomic mass is 32.2. The molecule has 0 aliphatic carbocycles. The van der Waals surface area contributed by atoms with Gasteiger partial charge in [0.05, 0.1) is 4.91 Å². The third kappa shape index (κ3) is 3.25. The summed E-state index contributed by atoms with van der Waals surface area (Å²) in [6, 6.07) is 16.4. The minimum Gasteiger partial charge on any atom is -0.307 e. The van der Waals surface area contributed by atoms with E-state index < -0.39 is 0 Å². The Bertz CT molecular complexity index is 841. The summed E-state index contributed by atoms with van der Waals surface area (Å²) in [4.78, 5) is 25.0. The minimum atomic E-state index is -0.183. The predicted octanol–water partition coefficient (Wildman–Crippen LogP) is 3.80. The quantitative estimate of drug-likeness (QED) is 0.525. The maximum atomic E-state index is 12.5. The number of benzene rings is 2. The second kappa shape index (κ2) is 6.48. The van der Waals surface area contributed by atoms with E-state index in [1.807, 2.05) is 43.3 Å². The van der Waals surface area contributed by atoms with Crippen molar-refractivity contribution in [3.8, 4) is 0 Å². The van der Waals surface area contributed by atoms with Crippen molar-refractivity contribution in [1.82, 2.24) is 5.32 Å². The summed E-state index contributed by atoms with van der Waals surface area (Å²) < 4.78 is 0.459. The maximum absolute atomic E-state index is 12.5. The lowest BCUT2D eigenvalue weighted by Crippen LogP contribution is -2.18. The Labute approximate surface area is 143 Å². The monoisotopic (exact) mass is 339 g/mol. The van der Waals surface area contributed by atoms with Crippen LogP contribution in [0.2, 0.25) is 0 Å². The van der Waals surface area contributed by atoms with Crippen LogP contribution in [0.3, 0.4) is 0 Å². The van der Waals surface area contributed by atoms with Crippen LogP contribution < -0.4 is 5.32 Å². The zero-order valence-electron chi connectivity index (χ0n) is 12.3. The van der Waals surface area contributed by atoms with Crippen molar-refractivity contribution in [2.24, 2.45) is 0 Å². The van der Waals surface area contributed by atoms with Gasteiger partial charge >= 0.3 is 0 Å². The van der Waals surface area contributed by atoms with E-state index in [2.05, 4.69) is 5.32 Å². The first-order valence-electron chi connectivity index (χ1n) is 7.00. The van der Waals surface area contributed by atoms with Crippen molar-refractivity contribution in [1.29, 1.82) is 0 Å². The molecule has 1 heterocycles. The summed E-state index contributed by atoms with van der Waals surface area (Å²) in [5.41, 5.74) is 2.90. The highest BCUT2D eigenvalue weighted by Gasteiger charge is 2.25. The normalized spacial score (nSPS) is 16.2. The lowest BCUT2D eigenvalue weighted by Gasteiger charge is -2.07. The van der Waals surface area contributed by atoms with Crippen LogP contribution in [0.4, 0.5) is 0 Å². The Morgan fingerprint density at radius 1 is 1.00 bits per heavy atom. The van der Waals surface area contributed by atoms with E-state index in [4.69, 9.17) is 12.2 Å². The Hall–Kier alpha value is -2.24. The van der Waals surface area contributed by atoms with E-state index in [-0.39, 0.29) is 11.7 Å². The number of nitrogens with one attached hydrogen (secondary N) is 1. The largest absolute Gasteiger partial charge is 0.307 e. The molecule has 1 aliphatic heterocycles. The van der Waals surface area contributed by atoms with Gasteiger partial charge in [0.15, 0.2) is 5.78 Å². The number of carbonyl (C=O) groups is 2. The van der Waals surface area contributed by atoms with Crippen molar-refractivity contribution >= 4 is 45.6 Å². The van der Waals surface area contributed by atoms with Gasteiger partial charge in [0.25, 0.3) is 5.91 Å². The summed E-state index contributed by atoms with van der Waals surface area (Å²) in [6.07, 6.45) is 0. The molecule has 3 rings (SSSR count). The molecule has 0 spiro atoms.